The molecule has 0 radical (unpaired) electrons. The number of rotatable bonds is 9. The monoisotopic (exact) mass is 846 g/mol. The number of aryl methyl sites for hydroxylation is 1. The van der Waals surface area contributed by atoms with E-state index in [4.69, 9.17) is 24.2 Å². The summed E-state index contributed by atoms with van der Waals surface area (Å²) in [5.41, 5.74) is -1.43. The highest BCUT2D eigenvalue weighted by molar-refractivity contribution is 7.91. The fraction of sp³-hybridized carbons (Fsp3) is 0.707. The summed E-state index contributed by atoms with van der Waals surface area (Å²) >= 11 is 0. The summed E-state index contributed by atoms with van der Waals surface area (Å²) in [6.45, 7) is 8.44. The minimum atomic E-state index is -4.25. The molecule has 5 aliphatic rings. The van der Waals surface area contributed by atoms with Crippen LogP contribution in [0.25, 0.3) is 11.0 Å². The lowest BCUT2D eigenvalue weighted by molar-refractivity contribution is -0.144. The molecule has 3 aliphatic carbocycles. The summed E-state index contributed by atoms with van der Waals surface area (Å²) in [7, 11) is -2.71. The smallest absolute Gasteiger partial charge is 0.408 e. The molecule has 59 heavy (non-hydrogen) atoms. The number of methoxy groups -OCH3 is 1. The highest BCUT2D eigenvalue weighted by atomic mass is 32.2. The van der Waals surface area contributed by atoms with E-state index in [0.717, 1.165) is 25.7 Å². The van der Waals surface area contributed by atoms with Crippen molar-refractivity contribution in [3.05, 3.63) is 23.9 Å². The highest BCUT2D eigenvalue weighted by Gasteiger charge is 2.68. The molecule has 324 valence electrons. The number of nitrogens with one attached hydrogen (secondary N) is 3. The third kappa shape index (κ3) is 8.65. The van der Waals surface area contributed by atoms with Gasteiger partial charge in [-0.15, -0.1) is 0 Å². The van der Waals surface area contributed by atoms with Gasteiger partial charge in [-0.3, -0.25) is 19.1 Å². The third-order valence-electron chi connectivity index (χ3n) is 12.8. The first kappa shape index (κ1) is 42.8. The Hall–Kier alpha value is -4.35. The van der Waals surface area contributed by atoms with E-state index >= 15 is 0 Å². The second kappa shape index (κ2) is 15.9. The molecule has 1 unspecified atom stereocenters. The maximum absolute atomic E-state index is 14.9. The van der Waals surface area contributed by atoms with E-state index in [0.29, 0.717) is 61.0 Å². The van der Waals surface area contributed by atoms with Crippen LogP contribution in [0.5, 0.6) is 11.6 Å². The van der Waals surface area contributed by atoms with Gasteiger partial charge in [0, 0.05) is 12.0 Å². The zero-order valence-electron chi connectivity index (χ0n) is 34.5. The summed E-state index contributed by atoms with van der Waals surface area (Å²) in [5.74, 6) is -4.28. The standard InChI is InChI=1S/C41H56F2N6O9S/c1-7-11-24-30-21-49(31(24)34(50)47-41(20-25(41)33(42)43)37(52)48-59(54,55)40(5)16-17-40)36(51)32(39(2,3)4)46-38(53)58-29-18-22(29)12-9-8-10-13-27-35(57-30)45-28-19-23(56-6)14-15-26(28)44-27/h14-15,19,22,24-25,29-33H,7-13,16-18,20-21H2,1-6H3,(H,46,53)(H,47,50)(H,48,52)/t22?,24-,25+,29-,30+,31+,32-,41-/m1/s1. The summed E-state index contributed by atoms with van der Waals surface area (Å²) in [6.07, 6.45) is 0.581. The van der Waals surface area contributed by atoms with E-state index in [1.165, 1.54) is 11.8 Å². The minimum absolute atomic E-state index is 0.170. The molecular weight excluding hydrogens is 791 g/mol. The predicted octanol–water partition coefficient (Wildman–Crippen LogP) is 4.80. The van der Waals surface area contributed by atoms with Gasteiger partial charge in [-0.1, -0.05) is 47.0 Å². The van der Waals surface area contributed by atoms with Crippen LogP contribution in [0, 0.1) is 23.2 Å². The van der Waals surface area contributed by atoms with Crippen LogP contribution in [0.2, 0.25) is 0 Å². The van der Waals surface area contributed by atoms with Crippen LogP contribution in [0.3, 0.4) is 0 Å². The molecule has 7 rings (SSSR count). The minimum Gasteiger partial charge on any atom is -0.497 e. The Morgan fingerprint density at radius 2 is 1.83 bits per heavy atom. The van der Waals surface area contributed by atoms with Gasteiger partial charge in [0.05, 0.1) is 35.4 Å². The summed E-state index contributed by atoms with van der Waals surface area (Å²) in [5, 5.41) is 5.30. The topological polar surface area (TPSA) is 195 Å². The van der Waals surface area contributed by atoms with E-state index in [1.807, 2.05) is 17.7 Å². The molecular formula is C41H56F2N6O9S. The lowest BCUT2D eigenvalue weighted by Gasteiger charge is -2.36. The quantitative estimate of drug-likeness (QED) is 0.314. The first-order valence-corrected chi connectivity index (χ1v) is 22.2. The van der Waals surface area contributed by atoms with Gasteiger partial charge in [-0.2, -0.15) is 0 Å². The lowest BCUT2D eigenvalue weighted by Crippen LogP contribution is -2.61. The summed E-state index contributed by atoms with van der Waals surface area (Å²) in [4.78, 5) is 67.9. The van der Waals surface area contributed by atoms with Gasteiger partial charge in [-0.05, 0) is 81.8 Å². The molecule has 1 aromatic heterocycles. The van der Waals surface area contributed by atoms with Crippen LogP contribution < -0.4 is 24.8 Å². The zero-order valence-corrected chi connectivity index (χ0v) is 35.3. The van der Waals surface area contributed by atoms with Crippen molar-refractivity contribution in [3.63, 3.8) is 0 Å². The second-order valence-electron chi connectivity index (χ2n) is 18.3. The highest BCUT2D eigenvalue weighted by Crippen LogP contribution is 2.50. The van der Waals surface area contributed by atoms with Crippen LogP contribution in [0.4, 0.5) is 13.6 Å². The molecule has 1 saturated heterocycles. The molecule has 2 bridgehead atoms. The molecule has 1 aromatic carbocycles. The Morgan fingerprint density at radius 3 is 2.47 bits per heavy atom. The number of sulfonamides is 1. The number of nitrogens with zero attached hydrogens (tertiary/aromatic N) is 3. The van der Waals surface area contributed by atoms with Crippen molar-refractivity contribution in [2.45, 2.75) is 146 Å². The van der Waals surface area contributed by atoms with Gasteiger partial charge in [0.25, 0.3) is 5.91 Å². The average molecular weight is 847 g/mol. The molecule has 3 heterocycles. The van der Waals surface area contributed by atoms with Gasteiger partial charge in [0.2, 0.25) is 34.1 Å². The first-order valence-electron chi connectivity index (χ1n) is 20.8. The van der Waals surface area contributed by atoms with Crippen molar-refractivity contribution < 1.29 is 50.6 Å². The first-order chi connectivity index (χ1) is 27.8. The van der Waals surface area contributed by atoms with Crippen LogP contribution in [0.1, 0.15) is 105 Å². The molecule has 18 heteroatoms. The molecule has 15 nitrogen and oxygen atoms in total. The molecule has 0 spiro atoms. The number of carbonyl (C=O) groups is 4. The number of halogens is 2. The number of benzene rings is 1. The van der Waals surface area contributed by atoms with Crippen molar-refractivity contribution in [3.8, 4) is 11.6 Å². The fourth-order valence-corrected chi connectivity index (χ4v) is 9.91. The molecule has 3 saturated carbocycles. The maximum Gasteiger partial charge on any atom is 0.408 e. The molecule has 2 aliphatic heterocycles. The number of alkyl halides is 2. The Balaban J connectivity index is 1.28. The van der Waals surface area contributed by atoms with E-state index in [1.54, 1.807) is 40.0 Å². The number of carbonyl (C=O) groups excluding carboxylic acids is 4. The van der Waals surface area contributed by atoms with Gasteiger partial charge >= 0.3 is 6.09 Å². The Kier molecular flexibility index (Phi) is 11.5. The van der Waals surface area contributed by atoms with E-state index in [-0.39, 0.29) is 24.4 Å². The Bertz CT molecular complexity index is 2100. The molecule has 3 N–H and O–H groups in total. The van der Waals surface area contributed by atoms with Crippen molar-refractivity contribution in [2.24, 2.45) is 23.2 Å². The van der Waals surface area contributed by atoms with Crippen molar-refractivity contribution >= 4 is 44.9 Å². The third-order valence-corrected chi connectivity index (χ3v) is 15.0. The fourth-order valence-electron chi connectivity index (χ4n) is 8.60. The molecule has 8 atom stereocenters. The predicted molar refractivity (Wildman–Crippen MR) is 211 cm³/mol. The van der Waals surface area contributed by atoms with Gasteiger partial charge in [0.1, 0.15) is 41.3 Å². The largest absolute Gasteiger partial charge is 0.497 e. The Labute approximate surface area is 343 Å². The summed E-state index contributed by atoms with van der Waals surface area (Å²) in [6, 6.07) is 2.74. The number of fused-ring (bicyclic) bond motifs is 5. The van der Waals surface area contributed by atoms with Crippen LogP contribution in [0.15, 0.2) is 18.2 Å². The van der Waals surface area contributed by atoms with E-state index in [9.17, 15) is 36.4 Å². The van der Waals surface area contributed by atoms with Crippen LogP contribution in [-0.2, 0) is 35.6 Å². The van der Waals surface area contributed by atoms with Crippen molar-refractivity contribution in [1.82, 2.24) is 30.2 Å². The zero-order chi connectivity index (χ0) is 42.7. The van der Waals surface area contributed by atoms with E-state index in [2.05, 4.69) is 10.6 Å². The van der Waals surface area contributed by atoms with Crippen molar-refractivity contribution in [2.75, 3.05) is 13.7 Å². The van der Waals surface area contributed by atoms with Crippen molar-refractivity contribution in [1.29, 1.82) is 0 Å². The Morgan fingerprint density at radius 1 is 1.08 bits per heavy atom. The maximum atomic E-state index is 14.9. The van der Waals surface area contributed by atoms with Gasteiger partial charge in [-0.25, -0.2) is 32.0 Å². The number of hydrogen-bond donors (Lipinski definition) is 3. The van der Waals surface area contributed by atoms with Crippen LogP contribution >= 0.6 is 0 Å². The van der Waals surface area contributed by atoms with Gasteiger partial charge < -0.3 is 29.7 Å². The number of ether oxygens (including phenoxy) is 3. The summed E-state index contributed by atoms with van der Waals surface area (Å²) < 4.78 is 73.8. The number of hydrogen-bond acceptors (Lipinski definition) is 11. The molecule has 4 amide bonds. The van der Waals surface area contributed by atoms with Crippen LogP contribution in [-0.4, -0.2) is 102 Å². The SMILES string of the molecule is CCC[C@@H]1[C@@H]2CN(C(=O)[C@H](C(C)(C)C)NC(=O)O[C@@H]3CC3CCCCCc3nc4ccc(OC)cc4nc3O2)[C@@H]1C(=O)N[C@]1(C(=O)NS(=O)(=O)C2(C)CC2)C[C@H]1C(F)F. The van der Waals surface area contributed by atoms with E-state index < -0.39 is 92.4 Å². The lowest BCUT2D eigenvalue weighted by atomic mass is 9.85. The molecule has 4 fully saturated rings. The average Bonchev–Trinajstić information content (AvgIpc) is 4.12. The number of amides is 4. The normalized spacial score (nSPS) is 30.7. The second-order valence-corrected chi connectivity index (χ2v) is 20.5. The van der Waals surface area contributed by atoms with Gasteiger partial charge in [0.15, 0.2) is 0 Å². The number of alkyl carbamates (subject to hydrolysis) is 1. The molecule has 2 aromatic rings. The number of aromatic nitrogens is 2.